The number of benzene rings is 1. The largest absolute Gasteiger partial charge is 0.380 e. The second-order valence-electron chi connectivity index (χ2n) is 7.47. The van der Waals surface area contributed by atoms with Crippen LogP contribution in [0.1, 0.15) is 44.5 Å². The molecule has 2 unspecified atom stereocenters. The van der Waals surface area contributed by atoms with Gasteiger partial charge < -0.3 is 20.3 Å². The van der Waals surface area contributed by atoms with Crippen LogP contribution in [-0.4, -0.2) is 49.1 Å². The summed E-state index contributed by atoms with van der Waals surface area (Å²) in [6, 6.07) is 10.6. The van der Waals surface area contributed by atoms with Crippen molar-refractivity contribution in [1.29, 1.82) is 0 Å². The molecule has 1 aromatic carbocycles. The van der Waals surface area contributed by atoms with E-state index >= 15 is 0 Å². The molecule has 7 heteroatoms. The molecule has 1 aromatic heterocycles. The minimum Gasteiger partial charge on any atom is -0.380 e. The third kappa shape index (κ3) is 7.33. The van der Waals surface area contributed by atoms with Gasteiger partial charge in [-0.25, -0.2) is 4.98 Å². The molecular formula is C22H35N5OS. The van der Waals surface area contributed by atoms with Crippen molar-refractivity contribution < 1.29 is 4.74 Å². The monoisotopic (exact) mass is 417 g/mol. The summed E-state index contributed by atoms with van der Waals surface area (Å²) in [5.74, 6) is 1.35. The van der Waals surface area contributed by atoms with E-state index in [1.807, 2.05) is 25.1 Å². The Balaban J connectivity index is 2.05. The van der Waals surface area contributed by atoms with Crippen LogP contribution in [0.3, 0.4) is 0 Å². The van der Waals surface area contributed by atoms with Crippen molar-refractivity contribution in [3.05, 3.63) is 46.4 Å². The Kier molecular flexibility index (Phi) is 9.41. The summed E-state index contributed by atoms with van der Waals surface area (Å²) in [7, 11) is 3.76. The third-order valence-electron chi connectivity index (χ3n) is 4.73. The highest BCUT2D eigenvalue weighted by molar-refractivity contribution is 7.09. The van der Waals surface area contributed by atoms with Crippen LogP contribution in [0.25, 0.3) is 0 Å². The summed E-state index contributed by atoms with van der Waals surface area (Å²) in [5.41, 5.74) is 2.16. The molecule has 2 N–H and O–H groups in total. The fourth-order valence-corrected chi connectivity index (χ4v) is 3.67. The molecule has 2 rings (SSSR count). The Morgan fingerprint density at radius 1 is 1.24 bits per heavy atom. The van der Waals surface area contributed by atoms with Crippen molar-refractivity contribution in [2.45, 2.75) is 46.4 Å². The zero-order chi connectivity index (χ0) is 21.2. The molecule has 0 saturated carbocycles. The number of methoxy groups -OCH3 is 1. The van der Waals surface area contributed by atoms with Gasteiger partial charge in [-0.05, 0) is 31.9 Å². The first-order valence-electron chi connectivity index (χ1n) is 10.2. The number of rotatable bonds is 10. The summed E-state index contributed by atoms with van der Waals surface area (Å²) >= 11 is 1.64. The van der Waals surface area contributed by atoms with E-state index in [-0.39, 0.29) is 12.1 Å². The first kappa shape index (κ1) is 23.2. The van der Waals surface area contributed by atoms with Crippen molar-refractivity contribution in [2.75, 3.05) is 32.6 Å². The maximum Gasteiger partial charge on any atom is 0.194 e. The van der Waals surface area contributed by atoms with E-state index in [9.17, 15) is 0 Å². The average molecular weight is 418 g/mol. The zero-order valence-electron chi connectivity index (χ0n) is 18.5. The van der Waals surface area contributed by atoms with Gasteiger partial charge in [-0.1, -0.05) is 32.0 Å². The molecule has 2 aromatic rings. The summed E-state index contributed by atoms with van der Waals surface area (Å²) in [6.45, 7) is 10.8. The molecule has 0 amide bonds. The molecule has 160 valence electrons. The smallest absolute Gasteiger partial charge is 0.194 e. The van der Waals surface area contributed by atoms with Crippen molar-refractivity contribution in [3.63, 3.8) is 0 Å². The first-order chi connectivity index (χ1) is 13.9. The van der Waals surface area contributed by atoms with E-state index in [1.165, 1.54) is 0 Å². The van der Waals surface area contributed by atoms with Crippen LogP contribution >= 0.6 is 11.3 Å². The summed E-state index contributed by atoms with van der Waals surface area (Å²) in [5, 5.41) is 10.1. The number of thiazole rings is 1. The quantitative estimate of drug-likeness (QED) is 0.444. The van der Waals surface area contributed by atoms with Crippen LogP contribution in [0, 0.1) is 5.92 Å². The normalized spacial score (nSPS) is 14.0. The van der Waals surface area contributed by atoms with Gasteiger partial charge in [0.25, 0.3) is 0 Å². The molecule has 0 bridgehead atoms. The highest BCUT2D eigenvalue weighted by Crippen LogP contribution is 2.21. The first-order valence-corrected chi connectivity index (χ1v) is 11.1. The van der Waals surface area contributed by atoms with Gasteiger partial charge in [-0.3, -0.25) is 4.99 Å². The van der Waals surface area contributed by atoms with Gasteiger partial charge in [0.2, 0.25) is 0 Å². The summed E-state index contributed by atoms with van der Waals surface area (Å²) in [4.78, 5) is 11.7. The Hall–Kier alpha value is -2.12. The van der Waals surface area contributed by atoms with Crippen molar-refractivity contribution in [1.82, 2.24) is 15.2 Å². The Bertz CT molecular complexity index is 747. The predicted molar refractivity (Wildman–Crippen MR) is 124 cm³/mol. The van der Waals surface area contributed by atoms with Crippen LogP contribution in [0.4, 0.5) is 5.69 Å². The minimum absolute atomic E-state index is 0.0248. The maximum atomic E-state index is 5.37. The number of nitrogens with zero attached hydrogens (tertiary/aromatic N) is 3. The van der Waals surface area contributed by atoms with E-state index in [0.29, 0.717) is 19.0 Å². The molecule has 6 nitrogen and oxygen atoms in total. The van der Waals surface area contributed by atoms with Gasteiger partial charge in [0.1, 0.15) is 11.1 Å². The fourth-order valence-electron chi connectivity index (χ4n) is 2.83. The number of para-hydroxylation sites is 1. The summed E-state index contributed by atoms with van der Waals surface area (Å²) in [6.07, 6.45) is 0.0248. The SMILES string of the molecule is CCNC(=NCC(Nc1ccccc1)C(C)C)N(C)Cc1csc(C(C)OC)n1. The standard InChI is InChI=1S/C22H35N5OS/c1-7-23-22(27(5)14-19-15-29-21(26-19)17(4)28-6)24-13-20(16(2)3)25-18-11-9-8-10-12-18/h8-12,15-17,20,25H,7,13-14H2,1-6H3,(H,23,24). The topological polar surface area (TPSA) is 61.8 Å². The van der Waals surface area contributed by atoms with Gasteiger partial charge in [0.05, 0.1) is 18.8 Å². The van der Waals surface area contributed by atoms with Crippen molar-refractivity contribution in [2.24, 2.45) is 10.9 Å². The molecule has 0 fully saturated rings. The number of nitrogens with one attached hydrogen (secondary N) is 2. The number of hydrogen-bond acceptors (Lipinski definition) is 5. The van der Waals surface area contributed by atoms with Gasteiger partial charge in [-0.2, -0.15) is 0 Å². The number of guanidine groups is 1. The lowest BCUT2D eigenvalue weighted by molar-refractivity contribution is 0.119. The molecule has 0 aliphatic carbocycles. The molecular weight excluding hydrogens is 382 g/mol. The lowest BCUT2D eigenvalue weighted by Crippen LogP contribution is -2.40. The zero-order valence-corrected chi connectivity index (χ0v) is 19.3. The number of aromatic nitrogens is 1. The average Bonchev–Trinajstić information content (AvgIpc) is 3.18. The number of hydrogen-bond donors (Lipinski definition) is 2. The maximum absolute atomic E-state index is 5.37. The van der Waals surface area contributed by atoms with Gasteiger partial charge in [0, 0.05) is 37.8 Å². The Labute approximate surface area is 179 Å². The molecule has 0 aliphatic heterocycles. The van der Waals surface area contributed by atoms with Crippen LogP contribution in [0.2, 0.25) is 0 Å². The Morgan fingerprint density at radius 3 is 2.59 bits per heavy atom. The van der Waals surface area contributed by atoms with E-state index in [0.717, 1.165) is 28.9 Å². The fraction of sp³-hybridized carbons (Fsp3) is 0.545. The van der Waals surface area contributed by atoms with E-state index in [1.54, 1.807) is 18.4 Å². The van der Waals surface area contributed by atoms with E-state index in [2.05, 4.69) is 60.9 Å². The number of anilines is 1. The highest BCUT2D eigenvalue weighted by atomic mass is 32.1. The van der Waals surface area contributed by atoms with Crippen LogP contribution in [0.5, 0.6) is 0 Å². The van der Waals surface area contributed by atoms with Crippen molar-refractivity contribution in [3.8, 4) is 0 Å². The van der Waals surface area contributed by atoms with Gasteiger partial charge in [0.15, 0.2) is 5.96 Å². The van der Waals surface area contributed by atoms with Gasteiger partial charge >= 0.3 is 0 Å². The molecule has 0 radical (unpaired) electrons. The second kappa shape index (κ2) is 11.8. The van der Waals surface area contributed by atoms with Crippen LogP contribution in [-0.2, 0) is 11.3 Å². The van der Waals surface area contributed by atoms with Crippen LogP contribution in [0.15, 0.2) is 40.7 Å². The molecule has 0 spiro atoms. The number of ether oxygens (including phenoxy) is 1. The molecule has 29 heavy (non-hydrogen) atoms. The predicted octanol–water partition coefficient (Wildman–Crippen LogP) is 4.38. The molecule has 0 aliphatic rings. The lowest BCUT2D eigenvalue weighted by atomic mass is 10.0. The van der Waals surface area contributed by atoms with Crippen LogP contribution < -0.4 is 10.6 Å². The second-order valence-corrected chi connectivity index (χ2v) is 8.36. The molecule has 2 atom stereocenters. The summed E-state index contributed by atoms with van der Waals surface area (Å²) < 4.78 is 5.37. The minimum atomic E-state index is 0.0248. The number of aliphatic imine (C=N–C) groups is 1. The Morgan fingerprint density at radius 2 is 1.97 bits per heavy atom. The van der Waals surface area contributed by atoms with Crippen molar-refractivity contribution >= 4 is 23.0 Å². The molecule has 0 saturated heterocycles. The highest BCUT2D eigenvalue weighted by Gasteiger charge is 2.16. The lowest BCUT2D eigenvalue weighted by Gasteiger charge is -2.25. The van der Waals surface area contributed by atoms with E-state index in [4.69, 9.17) is 14.7 Å². The third-order valence-corrected chi connectivity index (χ3v) is 5.79. The van der Waals surface area contributed by atoms with E-state index < -0.39 is 0 Å². The van der Waals surface area contributed by atoms with Gasteiger partial charge in [-0.15, -0.1) is 11.3 Å². The molecule has 1 heterocycles.